The molecule has 0 unspecified atom stereocenters. The van der Waals surface area contributed by atoms with Crippen LogP contribution < -0.4 is 0 Å². The first kappa shape index (κ1) is 25.9. The van der Waals surface area contributed by atoms with E-state index < -0.39 is 18.8 Å². The molecule has 0 aromatic heterocycles. The van der Waals surface area contributed by atoms with Gasteiger partial charge in [-0.05, 0) is 0 Å². The van der Waals surface area contributed by atoms with Crippen LogP contribution in [-0.2, 0) is 7.87 Å². The molecule has 180 valence electrons. The Kier molecular flexibility index (Phi) is 12.1. The van der Waals surface area contributed by atoms with Crippen LogP contribution in [0.25, 0.3) is 0 Å². The third kappa shape index (κ3) is 7.64. The molecule has 0 radical (unpaired) electrons. The van der Waals surface area contributed by atoms with Crippen LogP contribution in [0.1, 0.15) is 155 Å². The Hall–Kier alpha value is 0.269. The topological polar surface area (TPSA) is 26.3 Å². The van der Waals surface area contributed by atoms with Crippen LogP contribution in [-0.4, -0.2) is 24.8 Å². The number of hydrogen-bond donors (Lipinski definition) is 0. The van der Waals surface area contributed by atoms with E-state index in [9.17, 15) is 4.79 Å². The molecule has 0 aromatic carbocycles. The van der Waals surface area contributed by atoms with E-state index >= 15 is 0 Å². The molecule has 0 N–H and O–H groups in total. The number of carbonyl (C=O) groups excluding carboxylic acids is 1. The van der Waals surface area contributed by atoms with Crippen LogP contribution in [0.2, 0.25) is 11.8 Å². The molecule has 0 saturated heterocycles. The molecule has 0 atom stereocenters. The van der Waals surface area contributed by atoms with E-state index in [0.29, 0.717) is 6.42 Å². The van der Waals surface area contributed by atoms with Gasteiger partial charge in [0.25, 0.3) is 0 Å². The minimum absolute atomic E-state index is 0.242. The molecule has 0 heterocycles. The molecular formula is C28H52O2Sn. The van der Waals surface area contributed by atoms with E-state index in [2.05, 4.69) is 6.92 Å². The monoisotopic (exact) mass is 540 g/mol. The Morgan fingerprint density at radius 1 is 0.613 bits per heavy atom. The zero-order chi connectivity index (χ0) is 21.8. The summed E-state index contributed by atoms with van der Waals surface area (Å²) in [6.45, 7) is 2.28. The molecule has 3 saturated carbocycles. The van der Waals surface area contributed by atoms with E-state index in [4.69, 9.17) is 3.07 Å². The first-order valence-electron chi connectivity index (χ1n) is 14.5. The van der Waals surface area contributed by atoms with Gasteiger partial charge in [0.1, 0.15) is 0 Å². The Morgan fingerprint density at radius 3 is 1.42 bits per heavy atom. The Balaban J connectivity index is 1.67. The third-order valence-electron chi connectivity index (χ3n) is 9.00. The molecule has 3 fully saturated rings. The molecule has 0 spiro atoms. The zero-order valence-electron chi connectivity index (χ0n) is 20.8. The van der Waals surface area contributed by atoms with Gasteiger partial charge in [-0.1, -0.05) is 0 Å². The summed E-state index contributed by atoms with van der Waals surface area (Å²) in [6.07, 6.45) is 30.7. The normalized spacial score (nSPS) is 22.5. The molecule has 0 amide bonds. The summed E-state index contributed by atoms with van der Waals surface area (Å²) in [5.74, 6) is 0.242. The number of unbranched alkanes of at least 4 members (excludes halogenated alkanes) is 6. The van der Waals surface area contributed by atoms with Gasteiger partial charge in [-0.25, -0.2) is 0 Å². The van der Waals surface area contributed by atoms with Crippen molar-refractivity contribution in [2.45, 2.75) is 166 Å². The third-order valence-corrected chi connectivity index (χ3v) is 26.5. The van der Waals surface area contributed by atoms with Crippen molar-refractivity contribution in [2.75, 3.05) is 0 Å². The summed E-state index contributed by atoms with van der Waals surface area (Å²) >= 11 is -3.10. The van der Waals surface area contributed by atoms with Gasteiger partial charge < -0.3 is 0 Å². The van der Waals surface area contributed by atoms with Crippen molar-refractivity contribution in [2.24, 2.45) is 0 Å². The van der Waals surface area contributed by atoms with Crippen molar-refractivity contribution in [1.82, 2.24) is 0 Å². The number of rotatable bonds is 12. The van der Waals surface area contributed by atoms with Crippen molar-refractivity contribution in [1.29, 1.82) is 0 Å². The summed E-state index contributed by atoms with van der Waals surface area (Å²) < 4.78 is 9.59. The van der Waals surface area contributed by atoms with Gasteiger partial charge in [0.15, 0.2) is 0 Å². The second-order valence-corrected chi connectivity index (χ2v) is 23.6. The second-order valence-electron chi connectivity index (χ2n) is 11.2. The first-order chi connectivity index (χ1) is 15.3. The molecule has 3 aliphatic carbocycles. The standard InChI is InChI=1S/C10H20O2.3C6H11.Sn/c1-2-3-4-5-6-7-8-9-10(11)12;3*1-2-4-6-5-3-1;/h2-9H2,1H3,(H,11,12);3*1H,2-6H2;/q;;;;+1/p-1. The van der Waals surface area contributed by atoms with Gasteiger partial charge in [0, 0.05) is 0 Å². The van der Waals surface area contributed by atoms with Crippen molar-refractivity contribution in [3.05, 3.63) is 0 Å². The first-order valence-corrected chi connectivity index (χ1v) is 20.6. The minimum atomic E-state index is -3.10. The van der Waals surface area contributed by atoms with Crippen molar-refractivity contribution in [3.63, 3.8) is 0 Å². The molecule has 31 heavy (non-hydrogen) atoms. The van der Waals surface area contributed by atoms with Crippen molar-refractivity contribution < 1.29 is 7.87 Å². The van der Waals surface area contributed by atoms with Crippen LogP contribution in [0.4, 0.5) is 0 Å². The number of carbonyl (C=O) groups is 1. The fraction of sp³-hybridized carbons (Fsp3) is 0.964. The average molecular weight is 539 g/mol. The van der Waals surface area contributed by atoms with E-state index in [0.717, 1.165) is 18.2 Å². The summed E-state index contributed by atoms with van der Waals surface area (Å²) in [5.41, 5.74) is 0. The quantitative estimate of drug-likeness (QED) is 0.182. The van der Waals surface area contributed by atoms with Gasteiger partial charge >= 0.3 is 199 Å². The Labute approximate surface area is 198 Å². The number of hydrogen-bond acceptors (Lipinski definition) is 2. The molecule has 2 nitrogen and oxygen atoms in total. The zero-order valence-corrected chi connectivity index (χ0v) is 23.7. The Morgan fingerprint density at radius 2 is 1.00 bits per heavy atom. The van der Waals surface area contributed by atoms with Crippen molar-refractivity contribution >= 4 is 24.8 Å². The fourth-order valence-corrected chi connectivity index (χ4v) is 27.2. The van der Waals surface area contributed by atoms with Gasteiger partial charge in [-0.15, -0.1) is 0 Å². The molecule has 0 aromatic rings. The van der Waals surface area contributed by atoms with Gasteiger partial charge in [-0.3, -0.25) is 0 Å². The SMILES string of the molecule is CCCCCCCCCC(=O)[O][Sn]([CH]1CCCCC1)([CH]1CCCCC1)[CH]1CCCCC1. The maximum atomic E-state index is 13.4. The summed E-state index contributed by atoms with van der Waals surface area (Å²) in [4.78, 5) is 13.4. The van der Waals surface area contributed by atoms with Crippen LogP contribution in [0.3, 0.4) is 0 Å². The van der Waals surface area contributed by atoms with Crippen LogP contribution in [0, 0.1) is 0 Å². The molecule has 3 heteroatoms. The van der Waals surface area contributed by atoms with E-state index in [1.54, 1.807) is 0 Å². The van der Waals surface area contributed by atoms with E-state index in [1.807, 2.05) is 0 Å². The van der Waals surface area contributed by atoms with Crippen LogP contribution >= 0.6 is 0 Å². The van der Waals surface area contributed by atoms with Crippen LogP contribution in [0.5, 0.6) is 0 Å². The molecular weight excluding hydrogens is 487 g/mol. The average Bonchev–Trinajstić information content (AvgIpc) is 2.83. The fourth-order valence-electron chi connectivity index (χ4n) is 7.39. The summed E-state index contributed by atoms with van der Waals surface area (Å²) in [5, 5.41) is 0. The Bertz CT molecular complexity index is 442. The summed E-state index contributed by atoms with van der Waals surface area (Å²) in [6, 6.07) is 0. The predicted molar refractivity (Wildman–Crippen MR) is 135 cm³/mol. The summed E-state index contributed by atoms with van der Waals surface area (Å²) in [7, 11) is 0. The van der Waals surface area contributed by atoms with Gasteiger partial charge in [0.2, 0.25) is 0 Å². The maximum absolute atomic E-state index is 13.4. The van der Waals surface area contributed by atoms with E-state index in [1.165, 1.54) is 135 Å². The molecule has 0 aliphatic heterocycles. The van der Waals surface area contributed by atoms with E-state index in [-0.39, 0.29) is 5.97 Å². The van der Waals surface area contributed by atoms with Gasteiger partial charge in [-0.2, -0.15) is 0 Å². The van der Waals surface area contributed by atoms with Crippen molar-refractivity contribution in [3.8, 4) is 0 Å². The van der Waals surface area contributed by atoms with Crippen LogP contribution in [0.15, 0.2) is 0 Å². The molecule has 3 aliphatic rings. The van der Waals surface area contributed by atoms with Gasteiger partial charge in [0.05, 0.1) is 0 Å². The predicted octanol–water partition coefficient (Wildman–Crippen LogP) is 9.62. The molecule has 0 bridgehead atoms. The second kappa shape index (κ2) is 14.5. The molecule has 3 rings (SSSR count).